The van der Waals surface area contributed by atoms with E-state index in [4.69, 9.17) is 25.7 Å². The first kappa shape index (κ1) is 27.9. The van der Waals surface area contributed by atoms with E-state index >= 15 is 0 Å². The molecule has 5 aromatic rings. The number of thiazole rings is 1. The molecule has 0 saturated heterocycles. The Morgan fingerprint density at radius 3 is 2.64 bits per heavy atom. The van der Waals surface area contributed by atoms with Gasteiger partial charge in [-0.05, 0) is 61.5 Å². The lowest BCUT2D eigenvalue weighted by Crippen LogP contribution is -2.39. The first-order chi connectivity index (χ1) is 20.4. The van der Waals surface area contributed by atoms with Crippen LogP contribution in [0.15, 0.2) is 109 Å². The lowest BCUT2D eigenvalue weighted by atomic mass is 9.93. The maximum absolute atomic E-state index is 14.0. The van der Waals surface area contributed by atoms with Crippen molar-refractivity contribution in [3.8, 4) is 0 Å². The quantitative estimate of drug-likeness (QED) is 0.178. The van der Waals surface area contributed by atoms with Gasteiger partial charge in [0.15, 0.2) is 15.1 Å². The van der Waals surface area contributed by atoms with E-state index in [9.17, 15) is 9.59 Å². The summed E-state index contributed by atoms with van der Waals surface area (Å²) in [6, 6.07) is 21.1. The molecule has 0 saturated carbocycles. The van der Waals surface area contributed by atoms with E-state index in [1.807, 2.05) is 49.4 Å². The molecule has 0 bridgehead atoms. The van der Waals surface area contributed by atoms with Crippen LogP contribution in [-0.4, -0.2) is 27.1 Å². The summed E-state index contributed by atoms with van der Waals surface area (Å²) in [5, 5.41) is 1.70. The van der Waals surface area contributed by atoms with Gasteiger partial charge in [-0.25, -0.2) is 19.8 Å². The van der Waals surface area contributed by atoms with Gasteiger partial charge in [-0.2, -0.15) is 0 Å². The van der Waals surface area contributed by atoms with Gasteiger partial charge in [0.1, 0.15) is 5.76 Å². The van der Waals surface area contributed by atoms with Crippen LogP contribution in [0.5, 0.6) is 0 Å². The number of furan rings is 1. The highest BCUT2D eigenvalue weighted by molar-refractivity contribution is 7.99. The summed E-state index contributed by atoms with van der Waals surface area (Å²) in [5.74, 6) is -0.0493. The van der Waals surface area contributed by atoms with E-state index in [-0.39, 0.29) is 17.7 Å². The number of carbonyl (C=O) groups is 1. The Kier molecular flexibility index (Phi) is 7.92. The maximum atomic E-state index is 14.0. The van der Waals surface area contributed by atoms with Crippen LogP contribution >= 0.6 is 34.7 Å². The number of benzene rings is 2. The zero-order valence-corrected chi connectivity index (χ0v) is 24.9. The van der Waals surface area contributed by atoms with Crippen molar-refractivity contribution in [1.29, 1.82) is 0 Å². The first-order valence-corrected chi connectivity index (χ1v) is 15.0. The second-order valence-corrected chi connectivity index (χ2v) is 11.6. The monoisotopic (exact) mass is 614 g/mol. The maximum Gasteiger partial charge on any atom is 0.338 e. The van der Waals surface area contributed by atoms with Crippen molar-refractivity contribution in [1.82, 2.24) is 14.5 Å². The minimum Gasteiger partial charge on any atom is -0.463 e. The summed E-state index contributed by atoms with van der Waals surface area (Å²) in [6.07, 6.45) is 3.38. The Morgan fingerprint density at radius 1 is 1.12 bits per heavy atom. The summed E-state index contributed by atoms with van der Waals surface area (Å²) in [4.78, 5) is 41.5. The first-order valence-electron chi connectivity index (χ1n) is 13.0. The molecule has 4 heterocycles. The zero-order valence-electron chi connectivity index (χ0n) is 22.5. The summed E-state index contributed by atoms with van der Waals surface area (Å²) in [5.41, 5.74) is 2.72. The normalized spacial score (nSPS) is 14.9. The topological polar surface area (TPSA) is 99.6 Å². The third kappa shape index (κ3) is 5.61. The average Bonchev–Trinajstić information content (AvgIpc) is 3.56. The highest BCUT2D eigenvalue weighted by atomic mass is 35.5. The number of nitrogens with zero attached hydrogens (tertiary/aromatic N) is 4. The van der Waals surface area contributed by atoms with Crippen LogP contribution in [0.2, 0.25) is 5.02 Å². The minimum absolute atomic E-state index is 0.175. The zero-order chi connectivity index (χ0) is 29.2. The Hall–Kier alpha value is -4.25. The number of halogens is 1. The standard InChI is InChI=1S/C31H23ClN4O4S2/c1-3-39-29(38)25-26(19-7-5-4-6-8-19)35-31-36(27(25)20-9-11-21(32)12-10-20)28(37)23(41-31)17-22-13-14-24(40-22)42-30-33-16-15-18(2)34-30/h4-17,27H,3H2,1-2H3/b23-17+/t27-/m0/s1. The molecule has 0 amide bonds. The Morgan fingerprint density at radius 2 is 1.90 bits per heavy atom. The van der Waals surface area contributed by atoms with Crippen LogP contribution in [0.4, 0.5) is 0 Å². The fraction of sp³-hybridized carbons (Fsp3) is 0.129. The van der Waals surface area contributed by atoms with Gasteiger partial charge in [0.2, 0.25) is 0 Å². The van der Waals surface area contributed by atoms with E-state index < -0.39 is 12.0 Å². The third-order valence-corrected chi connectivity index (χ3v) is 8.43. The van der Waals surface area contributed by atoms with Crippen molar-refractivity contribution in [3.05, 3.63) is 132 Å². The number of hydrogen-bond acceptors (Lipinski definition) is 9. The lowest BCUT2D eigenvalue weighted by molar-refractivity contribution is -0.138. The number of hydrogen-bond donors (Lipinski definition) is 0. The van der Waals surface area contributed by atoms with Gasteiger partial charge >= 0.3 is 5.97 Å². The Balaban J connectivity index is 1.51. The van der Waals surface area contributed by atoms with Gasteiger partial charge in [-0.3, -0.25) is 9.36 Å². The fourth-order valence-corrected chi connectivity index (χ4v) is 6.43. The molecule has 3 aromatic heterocycles. The van der Waals surface area contributed by atoms with Crippen LogP contribution in [-0.2, 0) is 9.53 Å². The highest BCUT2D eigenvalue weighted by Crippen LogP contribution is 2.35. The van der Waals surface area contributed by atoms with E-state index in [1.54, 1.807) is 49.5 Å². The number of aromatic nitrogens is 3. The Labute approximate surface area is 253 Å². The van der Waals surface area contributed by atoms with E-state index in [2.05, 4.69) is 9.97 Å². The number of fused-ring (bicyclic) bond motifs is 1. The van der Waals surface area contributed by atoms with Gasteiger partial charge in [0.25, 0.3) is 5.56 Å². The number of ether oxygens (including phenoxy) is 1. The fourth-order valence-electron chi connectivity index (χ4n) is 4.56. The van der Waals surface area contributed by atoms with Gasteiger partial charge < -0.3 is 9.15 Å². The molecule has 6 rings (SSSR count). The number of carbonyl (C=O) groups excluding carboxylic acids is 1. The smallest absolute Gasteiger partial charge is 0.338 e. The van der Waals surface area contributed by atoms with Gasteiger partial charge in [0.05, 0.1) is 28.5 Å². The van der Waals surface area contributed by atoms with Gasteiger partial charge in [-0.1, -0.05) is 65.4 Å². The van der Waals surface area contributed by atoms with Crippen molar-refractivity contribution >= 4 is 52.4 Å². The molecule has 0 radical (unpaired) electrons. The molecule has 11 heteroatoms. The average molecular weight is 615 g/mol. The summed E-state index contributed by atoms with van der Waals surface area (Å²) in [7, 11) is 0. The Bertz CT molecular complexity index is 2000. The van der Waals surface area contributed by atoms with Crippen LogP contribution in [0.25, 0.3) is 11.8 Å². The molecule has 1 aliphatic heterocycles. The van der Waals surface area contributed by atoms with Crippen molar-refractivity contribution in [2.24, 2.45) is 4.99 Å². The van der Waals surface area contributed by atoms with Crippen LogP contribution in [0.1, 0.15) is 35.5 Å². The van der Waals surface area contributed by atoms with Gasteiger partial charge in [0, 0.05) is 28.6 Å². The van der Waals surface area contributed by atoms with Crippen molar-refractivity contribution < 1.29 is 13.9 Å². The summed E-state index contributed by atoms with van der Waals surface area (Å²) >= 11 is 8.71. The largest absolute Gasteiger partial charge is 0.463 e. The second-order valence-electron chi connectivity index (χ2n) is 9.22. The molecule has 0 spiro atoms. The molecule has 2 aromatic carbocycles. The SMILES string of the molecule is CCOC(=O)C1=C(c2ccccc2)N=c2s/c(=C/c3ccc(Sc4nccc(C)n4)o3)c(=O)n2[C@H]1c1ccc(Cl)cc1. The van der Waals surface area contributed by atoms with Gasteiger partial charge in [-0.15, -0.1) is 0 Å². The van der Waals surface area contributed by atoms with Crippen LogP contribution in [0, 0.1) is 6.92 Å². The lowest BCUT2D eigenvalue weighted by Gasteiger charge is -2.25. The van der Waals surface area contributed by atoms with Crippen molar-refractivity contribution in [2.75, 3.05) is 6.61 Å². The summed E-state index contributed by atoms with van der Waals surface area (Å²) in [6.45, 7) is 3.82. The number of aryl methyl sites for hydroxylation is 1. The second kappa shape index (κ2) is 11.9. The molecule has 42 heavy (non-hydrogen) atoms. The number of rotatable bonds is 7. The molecule has 1 atom stereocenters. The minimum atomic E-state index is -0.781. The van der Waals surface area contributed by atoms with E-state index in [0.29, 0.717) is 41.6 Å². The molecule has 0 aliphatic carbocycles. The molecule has 0 unspecified atom stereocenters. The van der Waals surface area contributed by atoms with Crippen molar-refractivity contribution in [3.63, 3.8) is 0 Å². The molecule has 0 N–H and O–H groups in total. The third-order valence-electron chi connectivity index (χ3n) is 6.40. The highest BCUT2D eigenvalue weighted by Gasteiger charge is 2.35. The predicted octanol–water partition coefficient (Wildman–Crippen LogP) is 5.43. The summed E-state index contributed by atoms with van der Waals surface area (Å²) < 4.78 is 13.4. The number of esters is 1. The van der Waals surface area contributed by atoms with Crippen molar-refractivity contribution in [2.45, 2.75) is 30.1 Å². The molecular weight excluding hydrogens is 592 g/mol. The molecule has 0 fully saturated rings. The predicted molar refractivity (Wildman–Crippen MR) is 162 cm³/mol. The molecular formula is C31H23ClN4O4S2. The van der Waals surface area contributed by atoms with Crippen LogP contribution in [0.3, 0.4) is 0 Å². The molecule has 1 aliphatic rings. The molecule has 210 valence electrons. The molecule has 8 nitrogen and oxygen atoms in total. The van der Waals surface area contributed by atoms with E-state index in [0.717, 1.165) is 11.3 Å². The van der Waals surface area contributed by atoms with E-state index in [1.165, 1.54) is 27.7 Å². The van der Waals surface area contributed by atoms with Crippen LogP contribution < -0.4 is 14.9 Å².